The Labute approximate surface area is 117 Å². The van der Waals surface area contributed by atoms with Gasteiger partial charge in [0.05, 0.1) is 6.04 Å². The quantitative estimate of drug-likeness (QED) is 0.795. The number of hydrogen-bond acceptors (Lipinski definition) is 3. The molecule has 1 aliphatic rings. The lowest BCUT2D eigenvalue weighted by atomic mass is 9.91. The maximum Gasteiger partial charge on any atom is 0.303 e. The van der Waals surface area contributed by atoms with Crippen molar-refractivity contribution in [3.8, 4) is 0 Å². The number of nitrogens with one attached hydrogen (secondary N) is 2. The zero-order chi connectivity index (χ0) is 14.1. The fraction of sp³-hybridized carbons (Fsp3) is 0.400. The Bertz CT molecular complexity index is 635. The number of para-hydroxylation sites is 1. The van der Waals surface area contributed by atoms with Crippen LogP contribution in [0.4, 0.5) is 0 Å². The van der Waals surface area contributed by atoms with Gasteiger partial charge in [-0.05, 0) is 24.0 Å². The molecule has 5 heteroatoms. The molecule has 3 rings (SSSR count). The summed E-state index contributed by atoms with van der Waals surface area (Å²) in [6, 6.07) is 8.47. The normalized spacial score (nSPS) is 22.4. The number of nitrogens with zero attached hydrogens (tertiary/aromatic N) is 1. The summed E-state index contributed by atoms with van der Waals surface area (Å²) in [5.41, 5.74) is 8.90. The monoisotopic (exact) mass is 273 g/mol. The molecular weight excluding hydrogens is 254 g/mol. The SMILES string of the molecule is Cn1cc(C2NNCC2CCC(=O)O)c2ccccc21. The van der Waals surface area contributed by atoms with Crippen molar-refractivity contribution >= 4 is 16.9 Å². The first-order chi connectivity index (χ1) is 9.66. The van der Waals surface area contributed by atoms with Crippen molar-refractivity contribution in [1.82, 2.24) is 15.4 Å². The van der Waals surface area contributed by atoms with Gasteiger partial charge in [0.2, 0.25) is 0 Å². The van der Waals surface area contributed by atoms with Gasteiger partial charge in [-0.25, -0.2) is 5.43 Å². The summed E-state index contributed by atoms with van der Waals surface area (Å²) >= 11 is 0. The zero-order valence-electron chi connectivity index (χ0n) is 11.5. The Morgan fingerprint density at radius 2 is 2.25 bits per heavy atom. The number of rotatable bonds is 4. The van der Waals surface area contributed by atoms with Crippen molar-refractivity contribution < 1.29 is 9.90 Å². The van der Waals surface area contributed by atoms with Crippen LogP contribution in [0.25, 0.3) is 10.9 Å². The van der Waals surface area contributed by atoms with E-state index in [1.165, 1.54) is 16.5 Å². The first kappa shape index (κ1) is 13.1. The number of hydrogen-bond donors (Lipinski definition) is 3. The predicted molar refractivity (Wildman–Crippen MR) is 77.2 cm³/mol. The van der Waals surface area contributed by atoms with Crippen LogP contribution in [0.1, 0.15) is 24.4 Å². The molecular formula is C15H19N3O2. The Kier molecular flexibility index (Phi) is 3.46. The maximum atomic E-state index is 10.8. The van der Waals surface area contributed by atoms with Crippen LogP contribution in [0.2, 0.25) is 0 Å². The number of aliphatic carboxylic acids is 1. The molecule has 1 fully saturated rings. The molecule has 2 heterocycles. The van der Waals surface area contributed by atoms with Gasteiger partial charge < -0.3 is 9.67 Å². The van der Waals surface area contributed by atoms with E-state index < -0.39 is 5.97 Å². The highest BCUT2D eigenvalue weighted by Gasteiger charge is 2.30. The highest BCUT2D eigenvalue weighted by molar-refractivity contribution is 5.84. The third kappa shape index (κ3) is 2.30. The summed E-state index contributed by atoms with van der Waals surface area (Å²) < 4.78 is 2.12. The van der Waals surface area contributed by atoms with Crippen LogP contribution in [0, 0.1) is 5.92 Å². The highest BCUT2D eigenvalue weighted by Crippen LogP contribution is 2.33. The third-order valence-electron chi connectivity index (χ3n) is 4.09. The number of carbonyl (C=O) groups is 1. The van der Waals surface area contributed by atoms with E-state index in [0.717, 1.165) is 6.54 Å². The van der Waals surface area contributed by atoms with Crippen LogP contribution >= 0.6 is 0 Å². The molecule has 0 aliphatic carbocycles. The van der Waals surface area contributed by atoms with Crippen LogP contribution in [0.3, 0.4) is 0 Å². The van der Waals surface area contributed by atoms with Crippen LogP contribution in [-0.2, 0) is 11.8 Å². The van der Waals surface area contributed by atoms with Gasteiger partial charge in [0.25, 0.3) is 0 Å². The summed E-state index contributed by atoms with van der Waals surface area (Å²) in [6.45, 7) is 0.807. The molecule has 106 valence electrons. The average molecular weight is 273 g/mol. The standard InChI is InChI=1S/C15H19N3O2/c1-18-9-12(11-4-2-3-5-13(11)18)15-10(8-16-17-15)6-7-14(19)20/h2-5,9-10,15-17H,6-8H2,1H3,(H,19,20). The van der Waals surface area contributed by atoms with E-state index in [9.17, 15) is 4.79 Å². The van der Waals surface area contributed by atoms with Crippen molar-refractivity contribution in [2.45, 2.75) is 18.9 Å². The second-order valence-corrected chi connectivity index (χ2v) is 5.41. The van der Waals surface area contributed by atoms with Crippen molar-refractivity contribution in [2.24, 2.45) is 13.0 Å². The Balaban J connectivity index is 1.91. The lowest BCUT2D eigenvalue weighted by Gasteiger charge is -2.17. The number of fused-ring (bicyclic) bond motifs is 1. The van der Waals surface area contributed by atoms with Crippen LogP contribution in [0.15, 0.2) is 30.5 Å². The van der Waals surface area contributed by atoms with Gasteiger partial charge in [0.1, 0.15) is 0 Å². The molecule has 3 N–H and O–H groups in total. The number of aromatic nitrogens is 1. The number of carboxylic acid groups (broad SMARTS) is 1. The molecule has 1 saturated heterocycles. The van der Waals surface area contributed by atoms with E-state index in [1.807, 2.05) is 19.2 Å². The van der Waals surface area contributed by atoms with E-state index in [2.05, 4.69) is 33.7 Å². The first-order valence-electron chi connectivity index (χ1n) is 6.91. The van der Waals surface area contributed by atoms with Crippen molar-refractivity contribution in [1.29, 1.82) is 0 Å². The molecule has 0 bridgehead atoms. The van der Waals surface area contributed by atoms with Gasteiger partial charge >= 0.3 is 5.97 Å². The van der Waals surface area contributed by atoms with Gasteiger partial charge in [-0.2, -0.15) is 0 Å². The number of hydrazine groups is 1. The molecule has 0 radical (unpaired) electrons. The molecule has 0 saturated carbocycles. The smallest absolute Gasteiger partial charge is 0.303 e. The minimum Gasteiger partial charge on any atom is -0.481 e. The highest BCUT2D eigenvalue weighted by atomic mass is 16.4. The zero-order valence-corrected chi connectivity index (χ0v) is 11.5. The lowest BCUT2D eigenvalue weighted by Crippen LogP contribution is -2.25. The van der Waals surface area contributed by atoms with Crippen molar-refractivity contribution in [3.05, 3.63) is 36.0 Å². The number of carboxylic acids is 1. The van der Waals surface area contributed by atoms with Crippen molar-refractivity contribution in [2.75, 3.05) is 6.54 Å². The number of benzene rings is 1. The van der Waals surface area contributed by atoms with Gasteiger partial charge in [-0.1, -0.05) is 18.2 Å². The molecule has 1 aliphatic heterocycles. The number of aryl methyl sites for hydroxylation is 1. The molecule has 0 spiro atoms. The van der Waals surface area contributed by atoms with Gasteiger partial charge in [-0.15, -0.1) is 0 Å². The van der Waals surface area contributed by atoms with Gasteiger partial charge in [-0.3, -0.25) is 10.2 Å². The van der Waals surface area contributed by atoms with E-state index >= 15 is 0 Å². The molecule has 0 amide bonds. The Morgan fingerprint density at radius 3 is 3.05 bits per heavy atom. The summed E-state index contributed by atoms with van der Waals surface area (Å²) in [5.74, 6) is -0.425. The predicted octanol–water partition coefficient (Wildman–Crippen LogP) is 1.81. The molecule has 1 aromatic carbocycles. The summed E-state index contributed by atoms with van der Waals surface area (Å²) in [6.07, 6.45) is 3.04. The largest absolute Gasteiger partial charge is 0.481 e. The minimum atomic E-state index is -0.728. The third-order valence-corrected chi connectivity index (χ3v) is 4.09. The lowest BCUT2D eigenvalue weighted by molar-refractivity contribution is -0.137. The van der Waals surface area contributed by atoms with E-state index in [1.54, 1.807) is 0 Å². The molecule has 2 unspecified atom stereocenters. The van der Waals surface area contributed by atoms with Crippen LogP contribution < -0.4 is 10.9 Å². The molecule has 5 nitrogen and oxygen atoms in total. The first-order valence-corrected chi connectivity index (χ1v) is 6.91. The van der Waals surface area contributed by atoms with Gasteiger partial charge in [0, 0.05) is 37.1 Å². The Morgan fingerprint density at radius 1 is 1.45 bits per heavy atom. The van der Waals surface area contributed by atoms with Crippen molar-refractivity contribution in [3.63, 3.8) is 0 Å². The maximum absolute atomic E-state index is 10.8. The topological polar surface area (TPSA) is 66.3 Å². The average Bonchev–Trinajstić information content (AvgIpc) is 3.01. The summed E-state index contributed by atoms with van der Waals surface area (Å²) in [4.78, 5) is 10.8. The van der Waals surface area contributed by atoms with E-state index in [4.69, 9.17) is 5.11 Å². The molecule has 2 aromatic rings. The van der Waals surface area contributed by atoms with E-state index in [-0.39, 0.29) is 12.5 Å². The second-order valence-electron chi connectivity index (χ2n) is 5.41. The van der Waals surface area contributed by atoms with Gasteiger partial charge in [0.15, 0.2) is 0 Å². The summed E-state index contributed by atoms with van der Waals surface area (Å²) in [5, 5.41) is 10.1. The molecule has 1 aromatic heterocycles. The van der Waals surface area contributed by atoms with Crippen LogP contribution in [0.5, 0.6) is 0 Å². The van der Waals surface area contributed by atoms with E-state index in [0.29, 0.717) is 12.3 Å². The summed E-state index contributed by atoms with van der Waals surface area (Å²) in [7, 11) is 2.04. The molecule has 20 heavy (non-hydrogen) atoms. The second kappa shape index (κ2) is 5.26. The Hall–Kier alpha value is -1.85. The van der Waals surface area contributed by atoms with Crippen LogP contribution in [-0.4, -0.2) is 22.2 Å². The fourth-order valence-electron chi connectivity index (χ4n) is 3.07. The fourth-order valence-corrected chi connectivity index (χ4v) is 3.07. The minimum absolute atomic E-state index is 0.167. The molecule has 2 atom stereocenters.